The molecule has 3 nitrogen and oxygen atoms in total. The van der Waals surface area contributed by atoms with Crippen LogP contribution in [-0.4, -0.2) is 8.42 Å². The summed E-state index contributed by atoms with van der Waals surface area (Å²) < 4.78 is 28.4. The highest BCUT2D eigenvalue weighted by Crippen LogP contribution is 2.31. The lowest BCUT2D eigenvalue weighted by molar-refractivity contribution is 0.590. The molecule has 0 aliphatic carbocycles. The van der Waals surface area contributed by atoms with E-state index < -0.39 is 10.0 Å². The highest BCUT2D eigenvalue weighted by Gasteiger charge is 2.22. The topological polar surface area (TPSA) is 46.2 Å². The van der Waals surface area contributed by atoms with E-state index in [-0.39, 0.29) is 10.3 Å². The Balaban J connectivity index is 2.46. The van der Waals surface area contributed by atoms with Gasteiger partial charge in [-0.1, -0.05) is 51.1 Å². The third-order valence-electron chi connectivity index (χ3n) is 3.11. The predicted molar refractivity (Wildman–Crippen MR) is 90.1 cm³/mol. The Morgan fingerprint density at radius 3 is 2.14 bits per heavy atom. The van der Waals surface area contributed by atoms with Gasteiger partial charge in [-0.15, -0.1) is 0 Å². The van der Waals surface area contributed by atoms with E-state index in [1.807, 2.05) is 18.2 Å². The Labute approximate surface area is 134 Å². The van der Waals surface area contributed by atoms with E-state index in [2.05, 4.69) is 41.4 Å². The molecule has 0 fully saturated rings. The van der Waals surface area contributed by atoms with Crippen LogP contribution in [0.4, 0.5) is 5.69 Å². The first-order valence-corrected chi connectivity index (χ1v) is 8.86. The Morgan fingerprint density at radius 1 is 0.952 bits per heavy atom. The summed E-state index contributed by atoms with van der Waals surface area (Å²) in [7, 11) is -3.62. The van der Waals surface area contributed by atoms with E-state index in [1.54, 1.807) is 30.3 Å². The predicted octanol–water partition coefficient (Wildman–Crippen LogP) is 4.55. The zero-order valence-electron chi connectivity index (χ0n) is 12.2. The smallest absolute Gasteiger partial charge is 0.263 e. The fourth-order valence-electron chi connectivity index (χ4n) is 2.09. The lowest BCUT2D eigenvalue weighted by Gasteiger charge is -2.23. The second kappa shape index (κ2) is 5.81. The summed E-state index contributed by atoms with van der Waals surface area (Å²) in [5.41, 5.74) is 1.42. The standard InChI is InChI=1S/C16H18BrNO2S/c1-16(2,3)12-8-4-6-10-14(12)18-21(19,20)15-11-7-5-9-13(15)17/h4-11,18H,1-3H3. The van der Waals surface area contributed by atoms with E-state index in [4.69, 9.17) is 0 Å². The molecule has 0 heterocycles. The Kier molecular flexibility index (Phi) is 4.44. The molecule has 2 aromatic carbocycles. The number of rotatable bonds is 3. The lowest BCUT2D eigenvalue weighted by atomic mass is 9.86. The van der Waals surface area contributed by atoms with Crippen LogP contribution in [0.2, 0.25) is 0 Å². The second-order valence-corrected chi connectivity index (χ2v) is 8.34. The molecule has 5 heteroatoms. The maximum atomic E-state index is 12.6. The molecule has 0 aromatic heterocycles. The van der Waals surface area contributed by atoms with Gasteiger partial charge in [-0.25, -0.2) is 8.42 Å². The maximum absolute atomic E-state index is 12.6. The average Bonchev–Trinajstić information content (AvgIpc) is 2.38. The van der Waals surface area contributed by atoms with Crippen LogP contribution in [0.25, 0.3) is 0 Å². The number of benzene rings is 2. The quantitative estimate of drug-likeness (QED) is 0.864. The Hall–Kier alpha value is -1.33. The summed E-state index contributed by atoms with van der Waals surface area (Å²) in [6.07, 6.45) is 0. The van der Waals surface area contributed by atoms with Gasteiger partial charge in [-0.05, 0) is 45.1 Å². The molecule has 0 aliphatic heterocycles. The van der Waals surface area contributed by atoms with E-state index in [0.717, 1.165) is 5.56 Å². The van der Waals surface area contributed by atoms with Crippen LogP contribution >= 0.6 is 15.9 Å². The van der Waals surface area contributed by atoms with Gasteiger partial charge in [0.25, 0.3) is 10.0 Å². The number of hydrogen-bond donors (Lipinski definition) is 1. The molecule has 0 atom stereocenters. The molecule has 0 saturated carbocycles. The number of para-hydroxylation sites is 1. The van der Waals surface area contributed by atoms with Gasteiger partial charge >= 0.3 is 0 Å². The number of halogens is 1. The van der Waals surface area contributed by atoms with Gasteiger partial charge in [0, 0.05) is 4.47 Å². The Morgan fingerprint density at radius 2 is 1.52 bits per heavy atom. The zero-order valence-corrected chi connectivity index (χ0v) is 14.6. The molecule has 1 N–H and O–H groups in total. The summed E-state index contributed by atoms with van der Waals surface area (Å²) >= 11 is 3.28. The molecule has 2 aromatic rings. The van der Waals surface area contributed by atoms with Gasteiger partial charge in [0.15, 0.2) is 0 Å². The fraction of sp³-hybridized carbons (Fsp3) is 0.250. The van der Waals surface area contributed by atoms with Gasteiger partial charge in [-0.3, -0.25) is 4.72 Å². The maximum Gasteiger partial charge on any atom is 0.263 e. The number of anilines is 1. The van der Waals surface area contributed by atoms with Crippen molar-refractivity contribution in [1.29, 1.82) is 0 Å². The average molecular weight is 368 g/mol. The van der Waals surface area contributed by atoms with Gasteiger partial charge in [-0.2, -0.15) is 0 Å². The highest BCUT2D eigenvalue weighted by atomic mass is 79.9. The van der Waals surface area contributed by atoms with Crippen LogP contribution in [-0.2, 0) is 15.4 Å². The van der Waals surface area contributed by atoms with Crippen molar-refractivity contribution in [3.63, 3.8) is 0 Å². The molecule has 21 heavy (non-hydrogen) atoms. The van der Waals surface area contributed by atoms with Crippen LogP contribution in [0.15, 0.2) is 57.9 Å². The van der Waals surface area contributed by atoms with Crippen LogP contribution in [0.5, 0.6) is 0 Å². The fourth-order valence-corrected chi connectivity index (χ4v) is 4.17. The first-order valence-electron chi connectivity index (χ1n) is 6.59. The molecule has 112 valence electrons. The van der Waals surface area contributed by atoms with Gasteiger partial charge in [0.1, 0.15) is 4.90 Å². The van der Waals surface area contributed by atoms with Crippen molar-refractivity contribution in [1.82, 2.24) is 0 Å². The van der Waals surface area contributed by atoms with Crippen molar-refractivity contribution >= 4 is 31.6 Å². The summed E-state index contributed by atoms with van der Waals surface area (Å²) in [5, 5.41) is 0. The van der Waals surface area contributed by atoms with Gasteiger partial charge < -0.3 is 0 Å². The van der Waals surface area contributed by atoms with Gasteiger partial charge in [0.2, 0.25) is 0 Å². The summed E-state index contributed by atoms with van der Waals surface area (Å²) in [6.45, 7) is 6.16. The molecular formula is C16H18BrNO2S. The van der Waals surface area contributed by atoms with E-state index >= 15 is 0 Å². The summed E-state index contributed by atoms with van der Waals surface area (Å²) in [6, 6.07) is 14.2. The van der Waals surface area contributed by atoms with Crippen LogP contribution in [0.3, 0.4) is 0 Å². The lowest BCUT2D eigenvalue weighted by Crippen LogP contribution is -2.19. The molecule has 0 bridgehead atoms. The Bertz CT molecular complexity index is 749. The summed E-state index contributed by atoms with van der Waals surface area (Å²) in [4.78, 5) is 0.230. The normalized spacial score (nSPS) is 12.2. The SMILES string of the molecule is CC(C)(C)c1ccccc1NS(=O)(=O)c1ccccc1Br. The minimum absolute atomic E-state index is 0.146. The largest absolute Gasteiger partial charge is 0.279 e. The van der Waals surface area contributed by atoms with Crippen molar-refractivity contribution in [3.8, 4) is 0 Å². The highest BCUT2D eigenvalue weighted by molar-refractivity contribution is 9.10. The van der Waals surface area contributed by atoms with Crippen molar-refractivity contribution in [2.45, 2.75) is 31.1 Å². The van der Waals surface area contributed by atoms with Crippen molar-refractivity contribution in [2.75, 3.05) is 4.72 Å². The number of hydrogen-bond acceptors (Lipinski definition) is 2. The van der Waals surface area contributed by atoms with Crippen molar-refractivity contribution in [3.05, 3.63) is 58.6 Å². The van der Waals surface area contributed by atoms with E-state index in [1.165, 1.54) is 0 Å². The molecule has 0 aliphatic rings. The first-order chi connectivity index (χ1) is 9.72. The van der Waals surface area contributed by atoms with Crippen LogP contribution in [0, 0.1) is 0 Å². The third-order valence-corrected chi connectivity index (χ3v) is 5.48. The molecule has 0 spiro atoms. The molecule has 2 rings (SSSR count). The monoisotopic (exact) mass is 367 g/mol. The third kappa shape index (κ3) is 3.66. The number of nitrogens with one attached hydrogen (secondary N) is 1. The minimum Gasteiger partial charge on any atom is -0.279 e. The molecular weight excluding hydrogens is 350 g/mol. The molecule has 0 radical (unpaired) electrons. The van der Waals surface area contributed by atoms with Crippen LogP contribution in [0.1, 0.15) is 26.3 Å². The van der Waals surface area contributed by atoms with Crippen molar-refractivity contribution in [2.24, 2.45) is 0 Å². The zero-order chi connectivity index (χ0) is 15.7. The molecule has 0 saturated heterocycles. The summed E-state index contributed by atoms with van der Waals surface area (Å²) in [5.74, 6) is 0. The van der Waals surface area contributed by atoms with E-state index in [0.29, 0.717) is 10.2 Å². The first kappa shape index (κ1) is 16.0. The second-order valence-electron chi connectivity index (χ2n) is 5.83. The number of sulfonamides is 1. The minimum atomic E-state index is -3.62. The van der Waals surface area contributed by atoms with Gasteiger partial charge in [0.05, 0.1) is 5.69 Å². The molecule has 0 unspecified atom stereocenters. The molecule has 0 amide bonds. The van der Waals surface area contributed by atoms with Crippen LogP contribution < -0.4 is 4.72 Å². The van der Waals surface area contributed by atoms with Crippen molar-refractivity contribution < 1.29 is 8.42 Å². The van der Waals surface area contributed by atoms with E-state index in [9.17, 15) is 8.42 Å².